The molecule has 0 saturated carbocycles. The molecule has 0 atom stereocenters. The maximum absolute atomic E-state index is 13.4. The summed E-state index contributed by atoms with van der Waals surface area (Å²) in [6.45, 7) is 0. The highest BCUT2D eigenvalue weighted by molar-refractivity contribution is 9.10. The van der Waals surface area contributed by atoms with Crippen molar-refractivity contribution in [3.8, 4) is 17.1 Å². The van der Waals surface area contributed by atoms with E-state index in [1.807, 2.05) is 47.0 Å². The molecule has 134 valence electrons. The van der Waals surface area contributed by atoms with Gasteiger partial charge < -0.3 is 0 Å². The SMILES string of the molecule is Fc1cccc(CSc2nnc(-c3cccnc3)n2-c2ccc(Br)cc2)c1. The Hall–Kier alpha value is -2.51. The molecule has 0 saturated heterocycles. The monoisotopic (exact) mass is 440 g/mol. The first-order valence-electron chi connectivity index (χ1n) is 8.20. The number of halogens is 2. The van der Waals surface area contributed by atoms with Crippen molar-refractivity contribution < 1.29 is 4.39 Å². The van der Waals surface area contributed by atoms with Crippen LogP contribution in [0, 0.1) is 5.82 Å². The van der Waals surface area contributed by atoms with Crippen molar-refractivity contribution in [3.63, 3.8) is 0 Å². The molecule has 0 spiro atoms. The largest absolute Gasteiger partial charge is 0.270 e. The first kappa shape index (κ1) is 17.9. The summed E-state index contributed by atoms with van der Waals surface area (Å²) in [7, 11) is 0. The molecule has 4 nitrogen and oxygen atoms in total. The van der Waals surface area contributed by atoms with Gasteiger partial charge in [0.05, 0.1) is 0 Å². The summed E-state index contributed by atoms with van der Waals surface area (Å²) in [5.41, 5.74) is 2.72. The highest BCUT2D eigenvalue weighted by Crippen LogP contribution is 2.30. The van der Waals surface area contributed by atoms with Gasteiger partial charge in [0.2, 0.25) is 0 Å². The van der Waals surface area contributed by atoms with Crippen molar-refractivity contribution in [2.75, 3.05) is 0 Å². The van der Waals surface area contributed by atoms with Gasteiger partial charge in [0, 0.05) is 33.9 Å². The third kappa shape index (κ3) is 4.09. The van der Waals surface area contributed by atoms with Crippen molar-refractivity contribution >= 4 is 27.7 Å². The molecule has 4 rings (SSSR count). The quantitative estimate of drug-likeness (QED) is 0.383. The summed E-state index contributed by atoms with van der Waals surface area (Å²) in [5, 5.41) is 9.49. The number of pyridine rings is 1. The van der Waals surface area contributed by atoms with Crippen LogP contribution >= 0.6 is 27.7 Å². The third-order valence-electron chi connectivity index (χ3n) is 3.89. The Morgan fingerprint density at radius 2 is 1.85 bits per heavy atom. The van der Waals surface area contributed by atoms with E-state index in [0.29, 0.717) is 11.6 Å². The van der Waals surface area contributed by atoms with Crippen LogP contribution in [0.5, 0.6) is 0 Å². The first-order chi connectivity index (χ1) is 13.2. The van der Waals surface area contributed by atoms with Gasteiger partial charge in [0.15, 0.2) is 11.0 Å². The number of rotatable bonds is 5. The Balaban J connectivity index is 1.73. The zero-order valence-electron chi connectivity index (χ0n) is 14.1. The highest BCUT2D eigenvalue weighted by Gasteiger charge is 2.16. The number of hydrogen-bond acceptors (Lipinski definition) is 4. The summed E-state index contributed by atoms with van der Waals surface area (Å²) < 4.78 is 16.4. The van der Waals surface area contributed by atoms with Crippen molar-refractivity contribution in [1.29, 1.82) is 0 Å². The fourth-order valence-corrected chi connectivity index (χ4v) is 3.80. The molecule has 27 heavy (non-hydrogen) atoms. The van der Waals surface area contributed by atoms with Crippen LogP contribution in [0.4, 0.5) is 4.39 Å². The second-order valence-corrected chi connectivity index (χ2v) is 7.64. The smallest absolute Gasteiger partial charge is 0.196 e. The number of hydrogen-bond donors (Lipinski definition) is 0. The van der Waals surface area contributed by atoms with Crippen LogP contribution in [0.3, 0.4) is 0 Å². The minimum Gasteiger partial charge on any atom is -0.270 e. The minimum atomic E-state index is -0.237. The first-order valence-corrected chi connectivity index (χ1v) is 9.97. The van der Waals surface area contributed by atoms with Gasteiger partial charge in [-0.2, -0.15) is 0 Å². The van der Waals surface area contributed by atoms with E-state index in [2.05, 4.69) is 31.1 Å². The van der Waals surface area contributed by atoms with E-state index in [-0.39, 0.29) is 5.82 Å². The van der Waals surface area contributed by atoms with Gasteiger partial charge in [-0.15, -0.1) is 10.2 Å². The Labute approximate surface area is 168 Å². The lowest BCUT2D eigenvalue weighted by atomic mass is 10.2. The molecule has 7 heteroatoms. The lowest BCUT2D eigenvalue weighted by molar-refractivity contribution is 0.626. The van der Waals surface area contributed by atoms with Gasteiger partial charge in [0.25, 0.3) is 0 Å². The molecule has 0 radical (unpaired) electrons. The number of thioether (sulfide) groups is 1. The number of aromatic nitrogens is 4. The third-order valence-corrected chi connectivity index (χ3v) is 5.42. The number of benzene rings is 2. The lowest BCUT2D eigenvalue weighted by Crippen LogP contribution is -2.00. The molecule has 0 aliphatic heterocycles. The van der Waals surface area contributed by atoms with Crippen molar-refractivity contribution in [3.05, 3.63) is 88.9 Å². The van der Waals surface area contributed by atoms with Gasteiger partial charge in [-0.05, 0) is 54.1 Å². The number of nitrogens with zero attached hydrogens (tertiary/aromatic N) is 4. The van der Waals surface area contributed by atoms with Crippen LogP contribution in [-0.4, -0.2) is 19.7 Å². The van der Waals surface area contributed by atoms with E-state index in [4.69, 9.17) is 0 Å². The fourth-order valence-electron chi connectivity index (χ4n) is 2.64. The summed E-state index contributed by atoms with van der Waals surface area (Å²) in [5.74, 6) is 1.07. The Bertz CT molecular complexity index is 1050. The van der Waals surface area contributed by atoms with Crippen LogP contribution in [0.15, 0.2) is 82.7 Å². The molecule has 0 amide bonds. The van der Waals surface area contributed by atoms with Crippen LogP contribution in [0.25, 0.3) is 17.1 Å². The molecule has 2 aromatic heterocycles. The van der Waals surface area contributed by atoms with E-state index < -0.39 is 0 Å². The van der Waals surface area contributed by atoms with Crippen molar-refractivity contribution in [2.24, 2.45) is 0 Å². The van der Waals surface area contributed by atoms with E-state index in [1.165, 1.54) is 23.9 Å². The molecule has 0 aliphatic rings. The standard InChI is InChI=1S/C20H14BrFN4S/c21-16-6-8-18(9-7-16)26-19(15-4-2-10-23-12-15)24-25-20(26)27-13-14-3-1-5-17(22)11-14/h1-12H,13H2. The molecule has 0 fully saturated rings. The molecule has 0 aliphatic carbocycles. The van der Waals surface area contributed by atoms with Crippen LogP contribution < -0.4 is 0 Å². The molecule has 0 N–H and O–H groups in total. The summed E-state index contributed by atoms with van der Waals surface area (Å²) in [4.78, 5) is 4.19. The Morgan fingerprint density at radius 1 is 1.00 bits per heavy atom. The van der Waals surface area contributed by atoms with E-state index in [0.717, 1.165) is 26.4 Å². The molecular weight excluding hydrogens is 427 g/mol. The Kier molecular flexibility index (Phi) is 5.31. The normalized spacial score (nSPS) is 10.9. The van der Waals surface area contributed by atoms with Gasteiger partial charge in [-0.25, -0.2) is 4.39 Å². The molecule has 2 aromatic carbocycles. The van der Waals surface area contributed by atoms with Gasteiger partial charge in [-0.3, -0.25) is 9.55 Å². The fraction of sp³-hybridized carbons (Fsp3) is 0.0500. The maximum Gasteiger partial charge on any atom is 0.196 e. The second kappa shape index (κ2) is 8.02. The highest BCUT2D eigenvalue weighted by atomic mass is 79.9. The van der Waals surface area contributed by atoms with Gasteiger partial charge in [0.1, 0.15) is 5.82 Å². The average Bonchev–Trinajstić information content (AvgIpc) is 3.12. The molecule has 0 unspecified atom stereocenters. The average molecular weight is 441 g/mol. The summed E-state index contributed by atoms with van der Waals surface area (Å²) in [6, 6.07) is 18.4. The molecular formula is C20H14BrFN4S. The van der Waals surface area contributed by atoms with Gasteiger partial charge >= 0.3 is 0 Å². The van der Waals surface area contributed by atoms with Gasteiger partial charge in [-0.1, -0.05) is 39.8 Å². The lowest BCUT2D eigenvalue weighted by Gasteiger charge is -2.10. The zero-order valence-corrected chi connectivity index (χ0v) is 16.5. The van der Waals surface area contributed by atoms with Crippen LogP contribution in [0.2, 0.25) is 0 Å². The van der Waals surface area contributed by atoms with Crippen LogP contribution in [-0.2, 0) is 5.75 Å². The summed E-state index contributed by atoms with van der Waals surface area (Å²) >= 11 is 4.98. The second-order valence-electron chi connectivity index (χ2n) is 5.78. The van der Waals surface area contributed by atoms with Crippen molar-refractivity contribution in [1.82, 2.24) is 19.7 Å². The summed E-state index contributed by atoms with van der Waals surface area (Å²) in [6.07, 6.45) is 3.49. The topological polar surface area (TPSA) is 43.6 Å². The van der Waals surface area contributed by atoms with E-state index >= 15 is 0 Å². The maximum atomic E-state index is 13.4. The van der Waals surface area contributed by atoms with E-state index in [9.17, 15) is 4.39 Å². The van der Waals surface area contributed by atoms with Crippen LogP contribution in [0.1, 0.15) is 5.56 Å². The minimum absolute atomic E-state index is 0.237. The van der Waals surface area contributed by atoms with Crippen molar-refractivity contribution in [2.45, 2.75) is 10.9 Å². The Morgan fingerprint density at radius 3 is 2.59 bits per heavy atom. The molecule has 0 bridgehead atoms. The molecule has 4 aromatic rings. The molecule has 2 heterocycles. The predicted octanol–water partition coefficient (Wildman–Crippen LogP) is 5.52. The van der Waals surface area contributed by atoms with E-state index in [1.54, 1.807) is 18.5 Å². The zero-order chi connectivity index (χ0) is 18.6. The predicted molar refractivity (Wildman–Crippen MR) is 108 cm³/mol.